The minimum Gasteiger partial charge on any atom is -0.325 e. The van der Waals surface area contributed by atoms with Crippen LogP contribution in [-0.4, -0.2) is 20.1 Å². The predicted octanol–water partition coefficient (Wildman–Crippen LogP) is 1.08. The third kappa shape index (κ3) is 1.67. The van der Waals surface area contributed by atoms with Gasteiger partial charge in [0.1, 0.15) is 4.90 Å². The maximum Gasteiger partial charge on any atom is 0.225 e. The Kier molecular flexibility index (Phi) is 2.42. The van der Waals surface area contributed by atoms with Crippen LogP contribution in [0.4, 0.5) is 14.5 Å². The summed E-state index contributed by atoms with van der Waals surface area (Å²) in [5.74, 6) is -3.75. The van der Waals surface area contributed by atoms with Crippen molar-refractivity contribution >= 4 is 21.4 Å². The molecule has 1 aliphatic heterocycles. The van der Waals surface area contributed by atoms with Crippen molar-refractivity contribution in [3.8, 4) is 0 Å². The molecule has 0 aromatic heterocycles. The SMILES string of the molecule is O=C1CCS(=O)(=O)c2c(ccc(F)c2F)N1. The number of hydrogen-bond donors (Lipinski definition) is 1. The lowest BCUT2D eigenvalue weighted by Gasteiger charge is -2.07. The van der Waals surface area contributed by atoms with Gasteiger partial charge in [0.05, 0.1) is 11.4 Å². The highest BCUT2D eigenvalue weighted by Gasteiger charge is 2.30. The second-order valence-electron chi connectivity index (χ2n) is 3.36. The predicted molar refractivity (Wildman–Crippen MR) is 51.7 cm³/mol. The lowest BCUT2D eigenvalue weighted by molar-refractivity contribution is -0.115. The van der Waals surface area contributed by atoms with Crippen LogP contribution in [0.25, 0.3) is 0 Å². The van der Waals surface area contributed by atoms with E-state index in [9.17, 15) is 22.0 Å². The Hall–Kier alpha value is -1.50. The largest absolute Gasteiger partial charge is 0.325 e. The molecule has 0 bridgehead atoms. The molecule has 0 aliphatic carbocycles. The van der Waals surface area contributed by atoms with E-state index in [0.29, 0.717) is 0 Å². The van der Waals surface area contributed by atoms with Gasteiger partial charge in [0.2, 0.25) is 5.91 Å². The van der Waals surface area contributed by atoms with E-state index in [1.807, 2.05) is 0 Å². The van der Waals surface area contributed by atoms with Crippen molar-refractivity contribution in [2.24, 2.45) is 0 Å². The van der Waals surface area contributed by atoms with Crippen LogP contribution in [0.5, 0.6) is 0 Å². The molecule has 0 atom stereocenters. The molecule has 0 saturated carbocycles. The van der Waals surface area contributed by atoms with Gasteiger partial charge in [-0.05, 0) is 12.1 Å². The topological polar surface area (TPSA) is 63.2 Å². The fraction of sp³-hybridized carbons (Fsp3) is 0.222. The van der Waals surface area contributed by atoms with Crippen molar-refractivity contribution in [2.75, 3.05) is 11.1 Å². The molecule has 1 aromatic carbocycles. The molecular weight excluding hydrogens is 240 g/mol. The molecule has 0 fully saturated rings. The Labute approximate surface area is 90.2 Å². The first-order valence-electron chi connectivity index (χ1n) is 4.42. The van der Waals surface area contributed by atoms with Crippen molar-refractivity contribution in [3.05, 3.63) is 23.8 Å². The van der Waals surface area contributed by atoms with Gasteiger partial charge in [0, 0.05) is 6.42 Å². The van der Waals surface area contributed by atoms with Crippen LogP contribution in [0.15, 0.2) is 17.0 Å². The molecule has 0 unspecified atom stereocenters. The number of halogens is 2. The fourth-order valence-electron chi connectivity index (χ4n) is 1.48. The highest BCUT2D eigenvalue weighted by molar-refractivity contribution is 7.91. The van der Waals surface area contributed by atoms with Gasteiger partial charge in [-0.25, -0.2) is 17.2 Å². The molecule has 0 radical (unpaired) electrons. The molecule has 1 heterocycles. The zero-order chi connectivity index (χ0) is 11.9. The molecule has 0 spiro atoms. The third-order valence-electron chi connectivity index (χ3n) is 2.23. The van der Waals surface area contributed by atoms with Crippen LogP contribution in [0.3, 0.4) is 0 Å². The minimum atomic E-state index is -3.96. The van der Waals surface area contributed by atoms with Crippen molar-refractivity contribution in [1.82, 2.24) is 0 Å². The van der Waals surface area contributed by atoms with Crippen LogP contribution in [0, 0.1) is 11.6 Å². The first-order chi connectivity index (χ1) is 7.42. The smallest absolute Gasteiger partial charge is 0.225 e. The maximum absolute atomic E-state index is 13.4. The van der Waals surface area contributed by atoms with Gasteiger partial charge in [-0.15, -0.1) is 0 Å². The lowest BCUT2D eigenvalue weighted by atomic mass is 10.3. The fourth-order valence-corrected chi connectivity index (χ4v) is 2.96. The molecule has 1 amide bonds. The van der Waals surface area contributed by atoms with E-state index in [4.69, 9.17) is 0 Å². The van der Waals surface area contributed by atoms with Crippen molar-refractivity contribution in [3.63, 3.8) is 0 Å². The van der Waals surface area contributed by atoms with Crippen molar-refractivity contribution in [2.45, 2.75) is 11.3 Å². The van der Waals surface area contributed by atoms with Crippen molar-refractivity contribution in [1.29, 1.82) is 0 Å². The molecular formula is C9H7F2NO3S. The Morgan fingerprint density at radius 1 is 1.25 bits per heavy atom. The molecule has 4 nitrogen and oxygen atoms in total. The molecule has 2 rings (SSSR count). The quantitative estimate of drug-likeness (QED) is 0.746. The van der Waals surface area contributed by atoms with E-state index >= 15 is 0 Å². The van der Waals surface area contributed by atoms with Crippen molar-refractivity contribution < 1.29 is 22.0 Å². The van der Waals surface area contributed by atoms with Gasteiger partial charge in [-0.3, -0.25) is 4.79 Å². The highest BCUT2D eigenvalue weighted by Crippen LogP contribution is 2.29. The minimum absolute atomic E-state index is 0.207. The van der Waals surface area contributed by atoms with Crippen LogP contribution >= 0.6 is 0 Å². The number of sulfone groups is 1. The summed E-state index contributed by atoms with van der Waals surface area (Å²) in [5.41, 5.74) is -0.207. The molecule has 7 heteroatoms. The van der Waals surface area contributed by atoms with E-state index in [2.05, 4.69) is 5.32 Å². The van der Waals surface area contributed by atoms with Gasteiger partial charge in [-0.1, -0.05) is 0 Å². The van der Waals surface area contributed by atoms with E-state index in [0.717, 1.165) is 12.1 Å². The van der Waals surface area contributed by atoms with E-state index in [1.54, 1.807) is 0 Å². The summed E-state index contributed by atoms with van der Waals surface area (Å²) < 4.78 is 49.5. The molecule has 1 aliphatic rings. The number of nitrogens with one attached hydrogen (secondary N) is 1. The summed E-state index contributed by atoms with van der Waals surface area (Å²) >= 11 is 0. The second kappa shape index (κ2) is 3.51. The number of carbonyl (C=O) groups is 1. The molecule has 1 N–H and O–H groups in total. The van der Waals surface area contributed by atoms with Crippen LogP contribution in [-0.2, 0) is 14.6 Å². The Morgan fingerprint density at radius 2 is 1.94 bits per heavy atom. The Morgan fingerprint density at radius 3 is 2.62 bits per heavy atom. The van der Waals surface area contributed by atoms with Gasteiger partial charge in [0.15, 0.2) is 21.5 Å². The highest BCUT2D eigenvalue weighted by atomic mass is 32.2. The summed E-state index contributed by atoms with van der Waals surface area (Å²) in [5, 5.41) is 2.22. The maximum atomic E-state index is 13.4. The first-order valence-corrected chi connectivity index (χ1v) is 6.07. The number of anilines is 1. The number of amides is 1. The number of carbonyl (C=O) groups excluding carboxylic acids is 1. The molecule has 0 saturated heterocycles. The zero-order valence-corrected chi connectivity index (χ0v) is 8.77. The summed E-state index contributed by atoms with van der Waals surface area (Å²) in [6, 6.07) is 1.81. The second-order valence-corrected chi connectivity index (χ2v) is 5.40. The summed E-state index contributed by atoms with van der Waals surface area (Å²) in [7, 11) is -3.96. The zero-order valence-electron chi connectivity index (χ0n) is 7.96. The summed E-state index contributed by atoms with van der Waals surface area (Å²) in [6.45, 7) is 0. The standard InChI is InChI=1S/C9H7F2NO3S/c10-5-1-2-6-9(8(5)11)16(14,15)4-3-7(13)12-6/h1-2H,3-4H2,(H,12,13). The van der Waals surface area contributed by atoms with Crippen LogP contribution < -0.4 is 5.32 Å². The van der Waals surface area contributed by atoms with Gasteiger partial charge < -0.3 is 5.32 Å². The third-order valence-corrected chi connectivity index (χ3v) is 4.00. The number of hydrogen-bond acceptors (Lipinski definition) is 3. The first kappa shape index (κ1) is 11.0. The molecule has 16 heavy (non-hydrogen) atoms. The summed E-state index contributed by atoms with van der Waals surface area (Å²) in [4.78, 5) is 10.4. The number of fused-ring (bicyclic) bond motifs is 1. The van der Waals surface area contributed by atoms with Crippen LogP contribution in [0.2, 0.25) is 0 Å². The number of rotatable bonds is 0. The monoisotopic (exact) mass is 247 g/mol. The van der Waals surface area contributed by atoms with E-state index < -0.39 is 38.0 Å². The Bertz CT molecular complexity index is 568. The molecule has 86 valence electrons. The summed E-state index contributed by atoms with van der Waals surface area (Å²) in [6.07, 6.45) is -0.266. The Balaban J connectivity index is 2.77. The van der Waals surface area contributed by atoms with E-state index in [1.165, 1.54) is 0 Å². The average Bonchev–Trinajstić information content (AvgIpc) is 2.31. The van der Waals surface area contributed by atoms with E-state index in [-0.39, 0.29) is 12.1 Å². The average molecular weight is 247 g/mol. The van der Waals surface area contributed by atoms with Gasteiger partial charge in [-0.2, -0.15) is 0 Å². The molecule has 1 aromatic rings. The van der Waals surface area contributed by atoms with Crippen LogP contribution in [0.1, 0.15) is 6.42 Å². The normalized spacial score (nSPS) is 18.5. The number of benzene rings is 1. The van der Waals surface area contributed by atoms with Gasteiger partial charge >= 0.3 is 0 Å². The van der Waals surface area contributed by atoms with Gasteiger partial charge in [0.25, 0.3) is 0 Å². The lowest BCUT2D eigenvalue weighted by Crippen LogP contribution is -2.10.